The fraction of sp³-hybridized carbons (Fsp3) is 0.833. The second-order valence-electron chi connectivity index (χ2n) is 6.19. The molecule has 17 heavy (non-hydrogen) atoms. The fourth-order valence-electron chi connectivity index (χ4n) is 1.76. The lowest BCUT2D eigenvalue weighted by Crippen LogP contribution is -2.42. The van der Waals surface area contributed by atoms with Gasteiger partial charge in [0.1, 0.15) is 5.54 Å². The summed E-state index contributed by atoms with van der Waals surface area (Å²) in [5.74, 6) is 0.101. The van der Waals surface area contributed by atoms with Gasteiger partial charge in [0.15, 0.2) is 0 Å². The topological polar surface area (TPSA) is 49.4 Å². The molecule has 98 valence electrons. The lowest BCUT2D eigenvalue weighted by Gasteiger charge is -2.31. The molecule has 0 aliphatic carbocycles. The van der Waals surface area contributed by atoms with Gasteiger partial charge in [0, 0.05) is 11.9 Å². The normalized spacial score (nSPS) is 21.6. The number of carbonyl (C=O) groups excluding carboxylic acids is 2. The van der Waals surface area contributed by atoms with Crippen LogP contribution >= 0.6 is 15.9 Å². The van der Waals surface area contributed by atoms with Crippen LogP contribution in [-0.2, 0) is 4.79 Å². The number of urea groups is 1. The number of amides is 3. The highest BCUT2D eigenvalue weighted by Crippen LogP contribution is 2.30. The Kier molecular flexibility index (Phi) is 3.91. The van der Waals surface area contributed by atoms with Crippen LogP contribution in [0.3, 0.4) is 0 Å². The number of carbonyl (C=O) groups is 2. The minimum atomic E-state index is -0.772. The van der Waals surface area contributed by atoms with Crippen molar-refractivity contribution in [1.82, 2.24) is 10.2 Å². The molecule has 5 heteroatoms. The zero-order valence-electron chi connectivity index (χ0n) is 11.1. The minimum absolute atomic E-state index is 0.0524. The first kappa shape index (κ1) is 14.5. The molecule has 1 unspecified atom stereocenters. The predicted molar refractivity (Wildman–Crippen MR) is 71.1 cm³/mol. The Morgan fingerprint density at radius 3 is 2.18 bits per heavy atom. The number of nitrogens with zero attached hydrogens (tertiary/aromatic N) is 1. The van der Waals surface area contributed by atoms with Gasteiger partial charge in [0.25, 0.3) is 5.91 Å². The number of rotatable bonds is 3. The molecule has 1 fully saturated rings. The molecule has 0 aromatic heterocycles. The molecular weight excluding hydrogens is 284 g/mol. The Balaban J connectivity index is 2.82. The van der Waals surface area contributed by atoms with Crippen molar-refractivity contribution in [2.24, 2.45) is 11.3 Å². The van der Waals surface area contributed by atoms with E-state index in [9.17, 15) is 9.59 Å². The van der Waals surface area contributed by atoms with Crippen LogP contribution in [0.2, 0.25) is 0 Å². The summed E-state index contributed by atoms with van der Waals surface area (Å²) in [6, 6.07) is -0.282. The van der Waals surface area contributed by atoms with E-state index in [1.54, 1.807) is 13.8 Å². The van der Waals surface area contributed by atoms with Crippen molar-refractivity contribution in [2.75, 3.05) is 11.9 Å². The Morgan fingerprint density at radius 2 is 1.88 bits per heavy atom. The van der Waals surface area contributed by atoms with Crippen LogP contribution in [0.1, 0.15) is 34.6 Å². The van der Waals surface area contributed by atoms with Crippen LogP contribution in [0.4, 0.5) is 4.79 Å². The summed E-state index contributed by atoms with van der Waals surface area (Å²) in [5, 5.41) is 3.47. The second-order valence-corrected chi connectivity index (χ2v) is 6.84. The van der Waals surface area contributed by atoms with Gasteiger partial charge in [0.2, 0.25) is 0 Å². The van der Waals surface area contributed by atoms with Crippen LogP contribution in [-0.4, -0.2) is 34.3 Å². The van der Waals surface area contributed by atoms with Crippen molar-refractivity contribution < 1.29 is 9.59 Å². The molecule has 0 spiro atoms. The first-order valence-electron chi connectivity index (χ1n) is 5.79. The first-order chi connectivity index (χ1) is 7.59. The van der Waals surface area contributed by atoms with Gasteiger partial charge in [0.05, 0.1) is 0 Å². The summed E-state index contributed by atoms with van der Waals surface area (Å²) >= 11 is 3.46. The van der Waals surface area contributed by atoms with E-state index in [0.29, 0.717) is 6.54 Å². The maximum absolute atomic E-state index is 12.0. The van der Waals surface area contributed by atoms with E-state index in [4.69, 9.17) is 0 Å². The fourth-order valence-corrected chi connectivity index (χ4v) is 2.93. The maximum Gasteiger partial charge on any atom is 0.325 e. The molecule has 3 amide bonds. The van der Waals surface area contributed by atoms with E-state index in [1.807, 2.05) is 0 Å². The van der Waals surface area contributed by atoms with Gasteiger partial charge in [-0.2, -0.15) is 0 Å². The summed E-state index contributed by atoms with van der Waals surface area (Å²) in [6.07, 6.45) is 0. The third-order valence-corrected chi connectivity index (χ3v) is 4.04. The molecule has 0 radical (unpaired) electrons. The zero-order chi connectivity index (χ0) is 13.4. The molecule has 4 nitrogen and oxygen atoms in total. The number of alkyl halides is 1. The van der Waals surface area contributed by atoms with Gasteiger partial charge in [-0.1, -0.05) is 36.7 Å². The predicted octanol–water partition coefficient (Wildman–Crippen LogP) is 2.37. The first-order valence-corrected chi connectivity index (χ1v) is 6.92. The Bertz CT molecular complexity index is 334. The Hall–Kier alpha value is -0.580. The third-order valence-electron chi connectivity index (χ3n) is 3.26. The lowest BCUT2D eigenvalue weighted by atomic mass is 9.81. The van der Waals surface area contributed by atoms with Crippen molar-refractivity contribution in [2.45, 2.75) is 40.2 Å². The number of hydrogen-bond donors (Lipinski definition) is 1. The minimum Gasteiger partial charge on any atom is -0.324 e. The Labute approximate surface area is 111 Å². The van der Waals surface area contributed by atoms with Crippen LogP contribution in [0.15, 0.2) is 0 Å². The van der Waals surface area contributed by atoms with Crippen molar-refractivity contribution in [3.05, 3.63) is 0 Å². The number of halogens is 1. The average Bonchev–Trinajstić information content (AvgIpc) is 2.32. The molecule has 0 aromatic carbocycles. The van der Waals surface area contributed by atoms with Crippen molar-refractivity contribution >= 4 is 27.9 Å². The van der Waals surface area contributed by atoms with Gasteiger partial charge < -0.3 is 5.32 Å². The lowest BCUT2D eigenvalue weighted by molar-refractivity contribution is -0.130. The molecule has 1 aliphatic rings. The van der Waals surface area contributed by atoms with E-state index >= 15 is 0 Å². The van der Waals surface area contributed by atoms with Gasteiger partial charge in [-0.15, -0.1) is 0 Å². The van der Waals surface area contributed by atoms with Crippen LogP contribution in [0.25, 0.3) is 0 Å². The van der Waals surface area contributed by atoms with Crippen molar-refractivity contribution in [1.29, 1.82) is 0 Å². The molecular formula is C12H21BrN2O2. The van der Waals surface area contributed by atoms with Crippen LogP contribution in [0, 0.1) is 11.3 Å². The SMILES string of the molecule is CC1(C)NC(=O)N(CC(CBr)C(C)(C)C)C1=O. The van der Waals surface area contributed by atoms with Gasteiger partial charge in [-0.25, -0.2) is 4.79 Å². The van der Waals surface area contributed by atoms with E-state index in [0.717, 1.165) is 5.33 Å². The molecule has 1 rings (SSSR count). The summed E-state index contributed by atoms with van der Waals surface area (Å²) in [7, 11) is 0. The summed E-state index contributed by atoms with van der Waals surface area (Å²) in [5.41, 5.74) is -0.720. The summed E-state index contributed by atoms with van der Waals surface area (Å²) < 4.78 is 0. The summed E-state index contributed by atoms with van der Waals surface area (Å²) in [6.45, 7) is 10.3. The monoisotopic (exact) mass is 304 g/mol. The molecule has 1 heterocycles. The average molecular weight is 305 g/mol. The molecule has 0 bridgehead atoms. The van der Waals surface area contributed by atoms with E-state index < -0.39 is 5.54 Å². The molecule has 1 aliphatic heterocycles. The third kappa shape index (κ3) is 3.00. The zero-order valence-corrected chi connectivity index (χ0v) is 12.7. The van der Waals surface area contributed by atoms with E-state index in [2.05, 4.69) is 42.0 Å². The highest BCUT2D eigenvalue weighted by atomic mass is 79.9. The van der Waals surface area contributed by atoms with Crippen molar-refractivity contribution in [3.63, 3.8) is 0 Å². The summed E-state index contributed by atoms with van der Waals surface area (Å²) in [4.78, 5) is 25.1. The van der Waals surface area contributed by atoms with E-state index in [-0.39, 0.29) is 23.3 Å². The van der Waals surface area contributed by atoms with Crippen molar-refractivity contribution in [3.8, 4) is 0 Å². The molecule has 1 atom stereocenters. The van der Waals surface area contributed by atoms with Gasteiger partial charge >= 0.3 is 6.03 Å². The molecule has 0 saturated carbocycles. The smallest absolute Gasteiger partial charge is 0.324 e. The maximum atomic E-state index is 12.0. The number of nitrogens with one attached hydrogen (secondary N) is 1. The van der Waals surface area contributed by atoms with Crippen LogP contribution < -0.4 is 5.32 Å². The molecule has 0 aromatic rings. The van der Waals surface area contributed by atoms with Crippen LogP contribution in [0.5, 0.6) is 0 Å². The number of hydrogen-bond acceptors (Lipinski definition) is 2. The highest BCUT2D eigenvalue weighted by molar-refractivity contribution is 9.09. The highest BCUT2D eigenvalue weighted by Gasteiger charge is 2.45. The standard InChI is InChI=1S/C12H21BrN2O2/c1-11(2,3)8(6-13)7-15-9(16)12(4,5)14-10(15)17/h8H,6-7H2,1-5H3,(H,14,17). The Morgan fingerprint density at radius 1 is 1.35 bits per heavy atom. The second kappa shape index (κ2) is 4.59. The molecule has 1 saturated heterocycles. The van der Waals surface area contributed by atoms with Gasteiger partial charge in [-0.3, -0.25) is 9.69 Å². The molecule has 1 N–H and O–H groups in total. The largest absolute Gasteiger partial charge is 0.325 e. The number of imide groups is 1. The van der Waals surface area contributed by atoms with Gasteiger partial charge in [-0.05, 0) is 25.2 Å². The quantitative estimate of drug-likeness (QED) is 0.643. The van der Waals surface area contributed by atoms with E-state index in [1.165, 1.54) is 4.90 Å².